The third kappa shape index (κ3) is 3.60. The van der Waals surface area contributed by atoms with Crippen LogP contribution in [-0.4, -0.2) is 34.1 Å². The number of aromatic nitrogens is 2. The lowest BCUT2D eigenvalue weighted by molar-refractivity contribution is -0.116. The summed E-state index contributed by atoms with van der Waals surface area (Å²) in [5.74, 6) is 1.69. The van der Waals surface area contributed by atoms with Gasteiger partial charge in [0.05, 0.1) is 0 Å². The number of H-pyrrole nitrogens is 1. The first-order valence-electron chi connectivity index (χ1n) is 10.7. The number of rotatable bonds is 4. The molecular formula is C23H32N4O. The summed E-state index contributed by atoms with van der Waals surface area (Å²) in [6.07, 6.45) is 3.96. The quantitative estimate of drug-likeness (QED) is 0.831. The SMILES string of the molecule is CCc1[nH]nc2c1C(c1cc(CN3CCC(C)CC3)c(C)cc1C)CC(=O)N2. The van der Waals surface area contributed by atoms with Gasteiger partial charge in [-0.3, -0.25) is 14.8 Å². The fourth-order valence-electron chi connectivity index (χ4n) is 4.79. The van der Waals surface area contributed by atoms with Crippen LogP contribution in [0.2, 0.25) is 0 Å². The third-order valence-corrected chi connectivity index (χ3v) is 6.60. The summed E-state index contributed by atoms with van der Waals surface area (Å²) in [6, 6.07) is 4.66. The molecule has 1 aromatic carbocycles. The zero-order valence-corrected chi connectivity index (χ0v) is 17.6. The van der Waals surface area contributed by atoms with Gasteiger partial charge in [0.25, 0.3) is 0 Å². The highest BCUT2D eigenvalue weighted by molar-refractivity contribution is 5.94. The number of nitrogens with zero attached hydrogens (tertiary/aromatic N) is 2. The number of piperidine rings is 1. The van der Waals surface area contributed by atoms with Crippen molar-refractivity contribution in [2.24, 2.45) is 5.92 Å². The smallest absolute Gasteiger partial charge is 0.226 e. The van der Waals surface area contributed by atoms with Crippen molar-refractivity contribution in [1.82, 2.24) is 15.1 Å². The van der Waals surface area contributed by atoms with Crippen LogP contribution in [0.5, 0.6) is 0 Å². The van der Waals surface area contributed by atoms with Gasteiger partial charge in [-0.05, 0) is 74.4 Å². The van der Waals surface area contributed by atoms with Crippen molar-refractivity contribution in [2.75, 3.05) is 18.4 Å². The fraction of sp³-hybridized carbons (Fsp3) is 0.565. The Morgan fingerprint density at radius 1 is 1.18 bits per heavy atom. The first-order valence-corrected chi connectivity index (χ1v) is 10.7. The summed E-state index contributed by atoms with van der Waals surface area (Å²) in [5.41, 5.74) is 7.59. The van der Waals surface area contributed by atoms with Crippen LogP contribution in [0.3, 0.4) is 0 Å². The molecular weight excluding hydrogens is 348 g/mol. The van der Waals surface area contributed by atoms with Crippen molar-refractivity contribution in [3.63, 3.8) is 0 Å². The zero-order valence-electron chi connectivity index (χ0n) is 17.6. The van der Waals surface area contributed by atoms with Crippen molar-refractivity contribution in [3.05, 3.63) is 45.6 Å². The number of carbonyl (C=O) groups excluding carboxylic acids is 1. The lowest BCUT2D eigenvalue weighted by atomic mass is 9.81. The molecule has 0 bridgehead atoms. The second kappa shape index (κ2) is 7.70. The molecule has 2 aliphatic rings. The van der Waals surface area contributed by atoms with Crippen molar-refractivity contribution < 1.29 is 4.79 Å². The standard InChI is InChI=1S/C23H32N4O/c1-5-20-22-19(12-21(28)24-23(22)26-25-20)18-11-17(15(3)10-16(18)4)13-27-8-6-14(2)7-9-27/h10-11,14,19H,5-9,12-13H2,1-4H3,(H2,24,25,26,28). The van der Waals surface area contributed by atoms with Crippen molar-refractivity contribution in [2.45, 2.75) is 65.8 Å². The predicted octanol–water partition coefficient (Wildman–Crippen LogP) is 4.29. The van der Waals surface area contributed by atoms with E-state index < -0.39 is 0 Å². The summed E-state index contributed by atoms with van der Waals surface area (Å²) in [4.78, 5) is 14.9. The summed E-state index contributed by atoms with van der Waals surface area (Å²) in [6.45, 7) is 12.2. The first kappa shape index (κ1) is 19.2. The molecule has 2 N–H and O–H groups in total. The lowest BCUT2D eigenvalue weighted by Gasteiger charge is -2.31. The second-order valence-corrected chi connectivity index (χ2v) is 8.72. The van der Waals surface area contributed by atoms with Crippen LogP contribution < -0.4 is 5.32 Å². The van der Waals surface area contributed by atoms with E-state index in [1.165, 1.54) is 53.7 Å². The molecule has 3 heterocycles. The van der Waals surface area contributed by atoms with E-state index in [4.69, 9.17) is 0 Å². The number of hydrogen-bond acceptors (Lipinski definition) is 3. The molecule has 5 heteroatoms. The molecule has 1 amide bonds. The molecule has 1 atom stereocenters. The topological polar surface area (TPSA) is 61.0 Å². The van der Waals surface area contributed by atoms with E-state index in [2.05, 4.69) is 60.2 Å². The van der Waals surface area contributed by atoms with E-state index in [0.29, 0.717) is 12.2 Å². The molecule has 150 valence electrons. The molecule has 1 fully saturated rings. The minimum Gasteiger partial charge on any atom is -0.309 e. The van der Waals surface area contributed by atoms with Gasteiger partial charge in [0, 0.05) is 30.1 Å². The Kier molecular flexibility index (Phi) is 5.28. The molecule has 1 saturated heterocycles. The second-order valence-electron chi connectivity index (χ2n) is 8.72. The Morgan fingerprint density at radius 3 is 2.64 bits per heavy atom. The minimum absolute atomic E-state index is 0.0539. The summed E-state index contributed by atoms with van der Waals surface area (Å²) in [5, 5.41) is 10.4. The lowest BCUT2D eigenvalue weighted by Crippen LogP contribution is -2.32. The molecule has 0 saturated carbocycles. The van der Waals surface area contributed by atoms with E-state index in [1.54, 1.807) is 0 Å². The molecule has 2 aliphatic heterocycles. The Morgan fingerprint density at radius 2 is 1.93 bits per heavy atom. The zero-order chi connectivity index (χ0) is 19.8. The van der Waals surface area contributed by atoms with Gasteiger partial charge in [-0.15, -0.1) is 0 Å². The number of anilines is 1. The summed E-state index contributed by atoms with van der Waals surface area (Å²) >= 11 is 0. The average molecular weight is 381 g/mol. The molecule has 2 aromatic rings. The molecule has 1 unspecified atom stereocenters. The number of benzene rings is 1. The number of carbonyl (C=O) groups is 1. The van der Waals surface area contributed by atoms with Crippen LogP contribution in [0.25, 0.3) is 0 Å². The summed E-state index contributed by atoms with van der Waals surface area (Å²) in [7, 11) is 0. The number of nitrogens with one attached hydrogen (secondary N) is 2. The Hall–Kier alpha value is -2.14. The molecule has 0 spiro atoms. The maximum Gasteiger partial charge on any atom is 0.226 e. The maximum absolute atomic E-state index is 12.3. The highest BCUT2D eigenvalue weighted by Crippen LogP contribution is 2.40. The molecule has 28 heavy (non-hydrogen) atoms. The van der Waals surface area contributed by atoms with Crippen LogP contribution in [0, 0.1) is 19.8 Å². The van der Waals surface area contributed by atoms with E-state index in [-0.39, 0.29) is 11.8 Å². The largest absolute Gasteiger partial charge is 0.309 e. The van der Waals surface area contributed by atoms with Gasteiger partial charge in [0.1, 0.15) is 0 Å². The van der Waals surface area contributed by atoms with Crippen LogP contribution in [0.4, 0.5) is 5.82 Å². The number of likely N-dealkylation sites (tertiary alicyclic amines) is 1. The van der Waals surface area contributed by atoms with Gasteiger partial charge in [-0.25, -0.2) is 0 Å². The van der Waals surface area contributed by atoms with Crippen LogP contribution >= 0.6 is 0 Å². The number of amides is 1. The average Bonchev–Trinajstić information content (AvgIpc) is 3.08. The van der Waals surface area contributed by atoms with Gasteiger partial charge in [-0.1, -0.05) is 26.0 Å². The van der Waals surface area contributed by atoms with E-state index in [1.807, 2.05) is 0 Å². The molecule has 0 aliphatic carbocycles. The predicted molar refractivity (Wildman–Crippen MR) is 113 cm³/mol. The van der Waals surface area contributed by atoms with E-state index in [9.17, 15) is 4.79 Å². The highest BCUT2D eigenvalue weighted by atomic mass is 16.1. The number of fused-ring (bicyclic) bond motifs is 1. The monoisotopic (exact) mass is 380 g/mol. The van der Waals surface area contributed by atoms with Crippen LogP contribution in [0.15, 0.2) is 12.1 Å². The Balaban J connectivity index is 1.68. The molecule has 0 radical (unpaired) electrons. The van der Waals surface area contributed by atoms with Gasteiger partial charge in [0.15, 0.2) is 5.82 Å². The van der Waals surface area contributed by atoms with Gasteiger partial charge in [0.2, 0.25) is 5.91 Å². The molecule has 1 aromatic heterocycles. The Bertz CT molecular complexity index is 877. The Labute approximate surface area is 167 Å². The van der Waals surface area contributed by atoms with E-state index in [0.717, 1.165) is 24.6 Å². The van der Waals surface area contributed by atoms with E-state index >= 15 is 0 Å². The number of aromatic amines is 1. The first-order chi connectivity index (χ1) is 13.5. The van der Waals surface area contributed by atoms with Crippen LogP contribution in [0.1, 0.15) is 72.5 Å². The van der Waals surface area contributed by atoms with Crippen molar-refractivity contribution in [3.8, 4) is 0 Å². The fourth-order valence-corrected chi connectivity index (χ4v) is 4.79. The number of hydrogen-bond donors (Lipinski definition) is 2. The van der Waals surface area contributed by atoms with Crippen LogP contribution in [-0.2, 0) is 17.8 Å². The molecule has 4 rings (SSSR count). The summed E-state index contributed by atoms with van der Waals surface area (Å²) < 4.78 is 0. The van der Waals surface area contributed by atoms with Gasteiger partial charge >= 0.3 is 0 Å². The normalized spacial score (nSPS) is 20.9. The van der Waals surface area contributed by atoms with Gasteiger partial charge in [-0.2, -0.15) is 5.10 Å². The number of aryl methyl sites for hydroxylation is 3. The third-order valence-electron chi connectivity index (χ3n) is 6.60. The maximum atomic E-state index is 12.3. The van der Waals surface area contributed by atoms with Crippen molar-refractivity contribution >= 4 is 11.7 Å². The van der Waals surface area contributed by atoms with Crippen molar-refractivity contribution in [1.29, 1.82) is 0 Å². The van der Waals surface area contributed by atoms with Gasteiger partial charge < -0.3 is 5.32 Å². The highest BCUT2D eigenvalue weighted by Gasteiger charge is 2.32. The molecule has 5 nitrogen and oxygen atoms in total. The minimum atomic E-state index is 0.0539.